The van der Waals surface area contributed by atoms with Gasteiger partial charge in [0.15, 0.2) is 11.5 Å². The summed E-state index contributed by atoms with van der Waals surface area (Å²) in [6.45, 7) is 2.79. The lowest BCUT2D eigenvalue weighted by molar-refractivity contribution is 0.0736. The van der Waals surface area contributed by atoms with E-state index in [4.69, 9.17) is 16.1 Å². The van der Waals surface area contributed by atoms with E-state index in [1.807, 2.05) is 59.5 Å². The van der Waals surface area contributed by atoms with Gasteiger partial charge in [-0.15, -0.1) is 0 Å². The fraction of sp³-hybridized carbons (Fsp3) is 0.200. The Morgan fingerprint density at radius 1 is 0.962 bits per heavy atom. The number of hydrogen-bond donors (Lipinski definition) is 0. The van der Waals surface area contributed by atoms with E-state index in [9.17, 15) is 4.79 Å². The van der Waals surface area contributed by atoms with Crippen LogP contribution in [-0.2, 0) is 0 Å². The zero-order valence-corrected chi connectivity index (χ0v) is 14.9. The van der Waals surface area contributed by atoms with Gasteiger partial charge in [-0.2, -0.15) is 0 Å². The van der Waals surface area contributed by atoms with Crippen molar-refractivity contribution >= 4 is 23.2 Å². The molecular weight excluding hydrogens is 350 g/mol. The summed E-state index contributed by atoms with van der Waals surface area (Å²) in [4.78, 5) is 16.7. The predicted molar refractivity (Wildman–Crippen MR) is 102 cm³/mol. The number of carbonyl (C=O) groups excluding carboxylic acids is 1. The number of nitrogens with zero attached hydrogens (tertiary/aromatic N) is 3. The minimum atomic E-state index is -0.0957. The van der Waals surface area contributed by atoms with Gasteiger partial charge in [0.05, 0.1) is 0 Å². The molecule has 0 bridgehead atoms. The highest BCUT2D eigenvalue weighted by Crippen LogP contribution is 2.23. The number of rotatable bonds is 3. The van der Waals surface area contributed by atoms with Gasteiger partial charge in [0.1, 0.15) is 0 Å². The Morgan fingerprint density at radius 3 is 2.46 bits per heavy atom. The van der Waals surface area contributed by atoms with Crippen molar-refractivity contribution in [2.45, 2.75) is 0 Å². The quantitative estimate of drug-likeness (QED) is 0.703. The van der Waals surface area contributed by atoms with E-state index in [-0.39, 0.29) is 5.91 Å². The van der Waals surface area contributed by atoms with Gasteiger partial charge in [0, 0.05) is 48.5 Å². The molecular formula is C20H18ClN3O2. The lowest BCUT2D eigenvalue weighted by atomic mass is 10.1. The molecule has 132 valence electrons. The standard InChI is InChI=1S/C20H18ClN3O2/c21-16-7-4-8-17(13-16)23-9-11-24(12-10-23)20(25)18-14-19(26-22-18)15-5-2-1-3-6-15/h1-8,13-14H,9-12H2. The molecule has 1 aliphatic rings. The smallest absolute Gasteiger partial charge is 0.276 e. The topological polar surface area (TPSA) is 49.6 Å². The molecule has 0 atom stereocenters. The Balaban J connectivity index is 1.42. The lowest BCUT2D eigenvalue weighted by Crippen LogP contribution is -2.48. The van der Waals surface area contributed by atoms with Crippen LogP contribution in [0.1, 0.15) is 10.5 Å². The molecule has 0 unspecified atom stereocenters. The van der Waals surface area contributed by atoms with Crippen molar-refractivity contribution in [2.75, 3.05) is 31.1 Å². The molecule has 2 heterocycles. The first-order chi connectivity index (χ1) is 12.7. The Bertz CT molecular complexity index is 902. The van der Waals surface area contributed by atoms with E-state index in [0.29, 0.717) is 24.5 Å². The summed E-state index contributed by atoms with van der Waals surface area (Å²) in [5.41, 5.74) is 2.34. The molecule has 0 aliphatic carbocycles. The van der Waals surface area contributed by atoms with Gasteiger partial charge in [-0.25, -0.2) is 0 Å². The second kappa shape index (κ2) is 7.22. The summed E-state index contributed by atoms with van der Waals surface area (Å²) < 4.78 is 5.34. The van der Waals surface area contributed by atoms with Crippen LogP contribution in [0.15, 0.2) is 65.2 Å². The fourth-order valence-electron chi connectivity index (χ4n) is 3.12. The van der Waals surface area contributed by atoms with Crippen LogP contribution >= 0.6 is 11.6 Å². The second-order valence-corrected chi connectivity index (χ2v) is 6.64. The van der Waals surface area contributed by atoms with Crippen molar-refractivity contribution in [1.82, 2.24) is 10.1 Å². The highest BCUT2D eigenvalue weighted by molar-refractivity contribution is 6.30. The summed E-state index contributed by atoms with van der Waals surface area (Å²) in [7, 11) is 0. The fourth-order valence-corrected chi connectivity index (χ4v) is 3.30. The largest absolute Gasteiger partial charge is 0.368 e. The first-order valence-corrected chi connectivity index (χ1v) is 8.90. The van der Waals surface area contributed by atoms with Crippen LogP contribution in [0.25, 0.3) is 11.3 Å². The molecule has 6 heteroatoms. The van der Waals surface area contributed by atoms with Crippen LogP contribution in [0, 0.1) is 0 Å². The molecule has 26 heavy (non-hydrogen) atoms. The number of benzene rings is 2. The van der Waals surface area contributed by atoms with Crippen molar-refractivity contribution in [3.8, 4) is 11.3 Å². The van der Waals surface area contributed by atoms with Crippen LogP contribution < -0.4 is 4.90 Å². The first kappa shape index (κ1) is 16.7. The van der Waals surface area contributed by atoms with Crippen molar-refractivity contribution in [1.29, 1.82) is 0 Å². The normalized spacial score (nSPS) is 14.5. The van der Waals surface area contributed by atoms with Crippen LogP contribution in [0.2, 0.25) is 5.02 Å². The monoisotopic (exact) mass is 367 g/mol. The zero-order valence-electron chi connectivity index (χ0n) is 14.1. The molecule has 1 fully saturated rings. The van der Waals surface area contributed by atoms with Gasteiger partial charge in [0.2, 0.25) is 0 Å². The molecule has 1 aromatic heterocycles. The number of aromatic nitrogens is 1. The number of amides is 1. The minimum absolute atomic E-state index is 0.0957. The number of anilines is 1. The Kier molecular flexibility index (Phi) is 4.63. The maximum absolute atomic E-state index is 12.7. The highest BCUT2D eigenvalue weighted by atomic mass is 35.5. The van der Waals surface area contributed by atoms with Gasteiger partial charge in [0.25, 0.3) is 5.91 Å². The Morgan fingerprint density at radius 2 is 1.73 bits per heavy atom. The number of halogens is 1. The van der Waals surface area contributed by atoms with E-state index >= 15 is 0 Å². The molecule has 1 aliphatic heterocycles. The minimum Gasteiger partial charge on any atom is -0.368 e. The van der Waals surface area contributed by atoms with E-state index in [2.05, 4.69) is 10.1 Å². The highest BCUT2D eigenvalue weighted by Gasteiger charge is 2.25. The maximum atomic E-state index is 12.7. The van der Waals surface area contributed by atoms with Gasteiger partial charge >= 0.3 is 0 Å². The third-order valence-electron chi connectivity index (χ3n) is 4.53. The molecule has 1 amide bonds. The molecule has 2 aromatic carbocycles. The third kappa shape index (κ3) is 3.44. The Labute approximate surface area is 156 Å². The molecule has 0 radical (unpaired) electrons. The molecule has 3 aromatic rings. The van der Waals surface area contributed by atoms with Crippen molar-refractivity contribution < 1.29 is 9.32 Å². The summed E-state index contributed by atoms with van der Waals surface area (Å²) in [6, 6.07) is 19.1. The van der Waals surface area contributed by atoms with Crippen LogP contribution in [-0.4, -0.2) is 42.1 Å². The van der Waals surface area contributed by atoms with E-state index in [1.165, 1.54) is 0 Å². The van der Waals surface area contributed by atoms with Crippen molar-refractivity contribution in [2.24, 2.45) is 0 Å². The number of hydrogen-bond acceptors (Lipinski definition) is 4. The second-order valence-electron chi connectivity index (χ2n) is 6.20. The predicted octanol–water partition coefficient (Wildman–Crippen LogP) is 3.96. The van der Waals surface area contributed by atoms with Crippen LogP contribution in [0.5, 0.6) is 0 Å². The SMILES string of the molecule is O=C(c1cc(-c2ccccc2)on1)N1CCN(c2cccc(Cl)c2)CC1. The average Bonchev–Trinajstić information content (AvgIpc) is 3.18. The molecule has 4 rings (SSSR count). The van der Waals surface area contributed by atoms with Crippen LogP contribution in [0.4, 0.5) is 5.69 Å². The van der Waals surface area contributed by atoms with E-state index in [0.717, 1.165) is 29.4 Å². The summed E-state index contributed by atoms with van der Waals surface area (Å²) >= 11 is 6.07. The van der Waals surface area contributed by atoms with Crippen molar-refractivity contribution in [3.63, 3.8) is 0 Å². The average molecular weight is 368 g/mol. The summed E-state index contributed by atoms with van der Waals surface area (Å²) in [6.07, 6.45) is 0. The van der Waals surface area contributed by atoms with Crippen LogP contribution in [0.3, 0.4) is 0 Å². The zero-order chi connectivity index (χ0) is 17.9. The lowest BCUT2D eigenvalue weighted by Gasteiger charge is -2.35. The van der Waals surface area contributed by atoms with E-state index in [1.54, 1.807) is 6.07 Å². The van der Waals surface area contributed by atoms with Gasteiger partial charge < -0.3 is 14.3 Å². The molecule has 0 spiro atoms. The summed E-state index contributed by atoms with van der Waals surface area (Å²) in [5, 5.41) is 4.68. The molecule has 0 saturated carbocycles. The number of piperazine rings is 1. The van der Waals surface area contributed by atoms with E-state index < -0.39 is 0 Å². The number of carbonyl (C=O) groups is 1. The maximum Gasteiger partial charge on any atom is 0.276 e. The van der Waals surface area contributed by atoms with Gasteiger partial charge in [-0.05, 0) is 18.2 Å². The molecule has 0 N–H and O–H groups in total. The van der Waals surface area contributed by atoms with Crippen molar-refractivity contribution in [3.05, 3.63) is 71.4 Å². The van der Waals surface area contributed by atoms with Gasteiger partial charge in [-0.3, -0.25) is 4.79 Å². The first-order valence-electron chi connectivity index (χ1n) is 8.52. The molecule has 5 nitrogen and oxygen atoms in total. The Hall–Kier alpha value is -2.79. The summed E-state index contributed by atoms with van der Waals surface area (Å²) in [5.74, 6) is 0.508. The third-order valence-corrected chi connectivity index (χ3v) is 4.76. The molecule has 1 saturated heterocycles. The van der Waals surface area contributed by atoms with Gasteiger partial charge in [-0.1, -0.05) is 53.2 Å².